The number of nitrogens with zero attached hydrogens (tertiary/aromatic N) is 2. The predicted molar refractivity (Wildman–Crippen MR) is 123 cm³/mol. The fourth-order valence-corrected chi connectivity index (χ4v) is 7.10. The van der Waals surface area contributed by atoms with Crippen LogP contribution >= 0.6 is 0 Å². The van der Waals surface area contributed by atoms with Crippen molar-refractivity contribution >= 4 is 21.7 Å². The summed E-state index contributed by atoms with van der Waals surface area (Å²) in [6, 6.07) is 9.72. The molecule has 10 nitrogen and oxygen atoms in total. The summed E-state index contributed by atoms with van der Waals surface area (Å²) in [6.45, 7) is 1.41. The second kappa shape index (κ2) is 9.58. The van der Waals surface area contributed by atoms with Crippen molar-refractivity contribution in [3.05, 3.63) is 64.2 Å². The van der Waals surface area contributed by atoms with E-state index in [2.05, 4.69) is 10.1 Å². The van der Waals surface area contributed by atoms with E-state index in [9.17, 15) is 36.5 Å². The van der Waals surface area contributed by atoms with Gasteiger partial charge in [0.1, 0.15) is 11.3 Å². The Morgan fingerprint density at radius 3 is 2.43 bits per heavy atom. The van der Waals surface area contributed by atoms with Crippen molar-refractivity contribution in [3.63, 3.8) is 0 Å². The topological polar surface area (TPSA) is 128 Å². The Kier molecular flexibility index (Phi) is 6.94. The van der Waals surface area contributed by atoms with Gasteiger partial charge >= 0.3 is 12.3 Å². The molecule has 0 bridgehead atoms. The van der Waals surface area contributed by atoms with Gasteiger partial charge in [-0.05, 0) is 29.7 Å². The van der Waals surface area contributed by atoms with Crippen molar-refractivity contribution in [3.8, 4) is 5.75 Å². The van der Waals surface area contributed by atoms with E-state index >= 15 is 0 Å². The minimum Gasteiger partial charge on any atom is -0.468 e. The second-order valence-corrected chi connectivity index (χ2v) is 10.8. The average molecular weight is 544 g/mol. The van der Waals surface area contributed by atoms with Crippen LogP contribution in [0.3, 0.4) is 0 Å². The molecule has 2 aliphatic rings. The number of para-hydroxylation sites is 1. The number of halogens is 3. The molecule has 0 unspecified atom stereocenters. The van der Waals surface area contributed by atoms with Crippen molar-refractivity contribution in [2.75, 3.05) is 20.2 Å². The molecule has 4 rings (SSSR count). The van der Waals surface area contributed by atoms with Gasteiger partial charge in [-0.2, -0.15) is 4.31 Å². The minimum absolute atomic E-state index is 0.110. The normalized spacial score (nSPS) is 26.0. The maximum atomic E-state index is 13.5. The molecule has 2 aromatic rings. The first-order valence-electron chi connectivity index (χ1n) is 11.3. The maximum Gasteiger partial charge on any atom is 0.573 e. The number of esters is 1. The number of sulfonamides is 1. The number of nitro benzene ring substituents is 1. The zero-order valence-electron chi connectivity index (χ0n) is 19.8. The Labute approximate surface area is 210 Å². The molecule has 0 saturated carbocycles. The lowest BCUT2D eigenvalue weighted by Crippen LogP contribution is -2.54. The summed E-state index contributed by atoms with van der Waals surface area (Å²) in [5.41, 5.74) is -1.45. The van der Waals surface area contributed by atoms with Crippen molar-refractivity contribution < 1.29 is 40.8 Å². The first kappa shape index (κ1) is 26.8. The molecule has 2 aliphatic heterocycles. The average Bonchev–Trinajstić information content (AvgIpc) is 3.38. The minimum atomic E-state index is -4.84. The lowest BCUT2D eigenvalue weighted by atomic mass is 9.79. The van der Waals surface area contributed by atoms with Crippen LogP contribution < -0.4 is 10.1 Å². The third-order valence-electron chi connectivity index (χ3n) is 6.99. The molecule has 37 heavy (non-hydrogen) atoms. The number of carbonyl (C=O) groups excluding carboxylic acids is 1. The van der Waals surface area contributed by atoms with Gasteiger partial charge in [-0.1, -0.05) is 37.6 Å². The fourth-order valence-electron chi connectivity index (χ4n) is 5.44. The summed E-state index contributed by atoms with van der Waals surface area (Å²) in [6.07, 6.45) is -4.34. The van der Waals surface area contributed by atoms with Gasteiger partial charge in [0.15, 0.2) is 4.90 Å². The van der Waals surface area contributed by atoms with Gasteiger partial charge in [-0.15, -0.1) is 13.2 Å². The van der Waals surface area contributed by atoms with Gasteiger partial charge in [0.2, 0.25) is 10.0 Å². The smallest absolute Gasteiger partial charge is 0.468 e. The Hall–Kier alpha value is -3.23. The second-order valence-electron chi connectivity index (χ2n) is 8.90. The number of nitrogens with one attached hydrogen (secondary N) is 1. The molecular weight excluding hydrogens is 519 g/mol. The SMILES string of the molecule is CC[C@H]1[C@H](c2ccc(OC(F)(F)F)cc2)N[C@@]2(C(=O)OC)CN(S(=O)(=O)c3ccccc3[N+](=O)[O-])C[C@@H]12. The van der Waals surface area contributed by atoms with Gasteiger partial charge in [0.05, 0.1) is 12.0 Å². The van der Waals surface area contributed by atoms with Crippen molar-refractivity contribution in [2.24, 2.45) is 11.8 Å². The summed E-state index contributed by atoms with van der Waals surface area (Å²) in [5, 5.41) is 14.7. The van der Waals surface area contributed by atoms with Crippen molar-refractivity contribution in [1.82, 2.24) is 9.62 Å². The van der Waals surface area contributed by atoms with E-state index in [4.69, 9.17) is 4.74 Å². The van der Waals surface area contributed by atoms with Gasteiger partial charge in [-0.25, -0.2) is 13.2 Å². The molecule has 4 atom stereocenters. The van der Waals surface area contributed by atoms with Crippen LogP contribution in [-0.4, -0.2) is 55.7 Å². The number of hydrogen-bond donors (Lipinski definition) is 1. The highest BCUT2D eigenvalue weighted by Gasteiger charge is 2.64. The standard InChI is InChI=1S/C23H24F3N3O7S/c1-3-16-17-12-28(37(33,34)19-7-5-4-6-18(19)29(31)32)13-22(17,21(30)35-2)27-20(16)14-8-10-15(11-9-14)36-23(24,25)26/h4-11,16-17,20,27H,3,12-13H2,1-2H3/t16-,17+,20+,22+/m1/s1. The van der Waals surface area contributed by atoms with E-state index in [1.165, 1.54) is 43.5 Å². The zero-order valence-corrected chi connectivity index (χ0v) is 20.6. The van der Waals surface area contributed by atoms with Crippen LogP contribution in [-0.2, 0) is 19.6 Å². The van der Waals surface area contributed by atoms with Crippen LogP contribution in [0.15, 0.2) is 53.4 Å². The predicted octanol–water partition coefficient (Wildman–Crippen LogP) is 3.40. The van der Waals surface area contributed by atoms with Crippen LogP contribution in [0.4, 0.5) is 18.9 Å². The number of benzene rings is 2. The summed E-state index contributed by atoms with van der Waals surface area (Å²) in [4.78, 5) is 23.3. The molecule has 1 N–H and O–H groups in total. The van der Waals surface area contributed by atoms with E-state index in [0.29, 0.717) is 12.0 Å². The lowest BCUT2D eigenvalue weighted by molar-refractivity contribution is -0.387. The summed E-state index contributed by atoms with van der Waals surface area (Å²) < 4.78 is 74.6. The first-order valence-corrected chi connectivity index (χ1v) is 12.7. The Balaban J connectivity index is 1.68. The van der Waals surface area contributed by atoms with Crippen LogP contribution in [0, 0.1) is 22.0 Å². The van der Waals surface area contributed by atoms with E-state index in [0.717, 1.165) is 16.4 Å². The number of ether oxygens (including phenoxy) is 2. The Morgan fingerprint density at radius 1 is 1.22 bits per heavy atom. The number of hydrogen-bond acceptors (Lipinski definition) is 8. The molecule has 2 fully saturated rings. The molecule has 0 aromatic heterocycles. The Morgan fingerprint density at radius 2 is 1.86 bits per heavy atom. The molecule has 0 spiro atoms. The van der Waals surface area contributed by atoms with E-state index in [1.54, 1.807) is 0 Å². The largest absolute Gasteiger partial charge is 0.573 e. The number of rotatable bonds is 7. The summed E-state index contributed by atoms with van der Waals surface area (Å²) >= 11 is 0. The molecule has 14 heteroatoms. The molecule has 2 saturated heterocycles. The molecule has 0 amide bonds. The zero-order chi connectivity index (χ0) is 27.2. The van der Waals surface area contributed by atoms with Gasteiger partial charge in [0.25, 0.3) is 5.69 Å². The third-order valence-corrected chi connectivity index (χ3v) is 8.85. The highest BCUT2D eigenvalue weighted by Crippen LogP contribution is 2.50. The first-order chi connectivity index (χ1) is 17.3. The molecule has 200 valence electrons. The maximum absolute atomic E-state index is 13.5. The molecule has 0 aliphatic carbocycles. The summed E-state index contributed by atoms with van der Waals surface area (Å²) in [5.74, 6) is -1.97. The number of fused-ring (bicyclic) bond motifs is 1. The number of carbonyl (C=O) groups is 1. The monoisotopic (exact) mass is 543 g/mol. The quantitative estimate of drug-likeness (QED) is 0.320. The van der Waals surface area contributed by atoms with Crippen molar-refractivity contribution in [1.29, 1.82) is 0 Å². The highest BCUT2D eigenvalue weighted by molar-refractivity contribution is 7.89. The van der Waals surface area contributed by atoms with E-state index in [1.807, 2.05) is 6.92 Å². The highest BCUT2D eigenvalue weighted by atomic mass is 32.2. The molecule has 0 radical (unpaired) electrons. The third kappa shape index (κ3) is 4.76. The Bertz CT molecular complexity index is 1300. The van der Waals surface area contributed by atoms with Crippen LogP contribution in [0.25, 0.3) is 0 Å². The fraction of sp³-hybridized carbons (Fsp3) is 0.435. The summed E-state index contributed by atoms with van der Waals surface area (Å²) in [7, 11) is -3.18. The van der Waals surface area contributed by atoms with Crippen LogP contribution in [0.1, 0.15) is 24.9 Å². The number of nitro groups is 1. The van der Waals surface area contributed by atoms with Crippen molar-refractivity contribution in [2.45, 2.75) is 36.2 Å². The van der Waals surface area contributed by atoms with Gasteiger partial charge < -0.3 is 9.47 Å². The number of methoxy groups -OCH3 is 1. The van der Waals surface area contributed by atoms with Gasteiger partial charge in [0, 0.05) is 31.1 Å². The number of alkyl halides is 3. The van der Waals surface area contributed by atoms with E-state index in [-0.39, 0.29) is 19.0 Å². The van der Waals surface area contributed by atoms with Crippen LogP contribution in [0.5, 0.6) is 5.75 Å². The molecule has 2 aromatic carbocycles. The van der Waals surface area contributed by atoms with E-state index < -0.39 is 61.1 Å². The molecule has 2 heterocycles. The molecular formula is C23H24F3N3O7S. The van der Waals surface area contributed by atoms with Gasteiger partial charge in [-0.3, -0.25) is 15.4 Å². The van der Waals surface area contributed by atoms with Crippen LogP contribution in [0.2, 0.25) is 0 Å². The lowest BCUT2D eigenvalue weighted by Gasteiger charge is -2.27.